The molecule has 0 saturated heterocycles. The van der Waals surface area contributed by atoms with Crippen LogP contribution in [0.25, 0.3) is 11.5 Å². The van der Waals surface area contributed by atoms with Crippen molar-refractivity contribution >= 4 is 29.0 Å². The molecule has 3 rings (SSSR count). The smallest absolute Gasteiger partial charge is 0.277 e. The van der Waals surface area contributed by atoms with Crippen LogP contribution in [0.4, 0.5) is 0 Å². The number of aryl methyl sites for hydroxylation is 2. The van der Waals surface area contributed by atoms with Crippen LogP contribution in [0.1, 0.15) is 16.0 Å². The lowest BCUT2D eigenvalue weighted by Crippen LogP contribution is -2.24. The Balaban J connectivity index is 1.54. The molecule has 7 heteroatoms. The fourth-order valence-electron chi connectivity index (χ4n) is 2.04. The normalized spacial score (nSPS) is 10.8. The largest absolute Gasteiger partial charge is 0.411 e. The number of thiophene rings is 1. The molecule has 2 aromatic heterocycles. The van der Waals surface area contributed by atoms with Gasteiger partial charge in [0.25, 0.3) is 5.22 Å². The Labute approximate surface area is 148 Å². The van der Waals surface area contributed by atoms with Crippen molar-refractivity contribution < 1.29 is 9.21 Å². The summed E-state index contributed by atoms with van der Waals surface area (Å²) in [5.74, 6) is 0.666. The average molecular weight is 359 g/mol. The number of nitrogens with zero attached hydrogens (tertiary/aromatic N) is 2. The minimum Gasteiger partial charge on any atom is -0.411 e. The van der Waals surface area contributed by atoms with Gasteiger partial charge in [-0.1, -0.05) is 23.9 Å². The first-order valence-corrected chi connectivity index (χ1v) is 9.31. The van der Waals surface area contributed by atoms with E-state index in [2.05, 4.69) is 22.4 Å². The second-order valence-corrected chi connectivity index (χ2v) is 7.28. The average Bonchev–Trinajstić information content (AvgIpc) is 3.25. The molecule has 0 saturated carbocycles. The standard InChI is InChI=1S/C17H17N3O2S2/c1-11-5-6-13(8-12(11)2)16-19-20-17(22-16)24-10-15(21)18-9-14-4-3-7-23-14/h3-8H,9-10H2,1-2H3,(H,18,21). The lowest BCUT2D eigenvalue weighted by atomic mass is 10.1. The van der Waals surface area contributed by atoms with Crippen molar-refractivity contribution in [1.82, 2.24) is 15.5 Å². The lowest BCUT2D eigenvalue weighted by Gasteiger charge is -2.02. The van der Waals surface area contributed by atoms with Gasteiger partial charge in [-0.2, -0.15) is 0 Å². The van der Waals surface area contributed by atoms with Crippen LogP contribution in [0, 0.1) is 13.8 Å². The van der Waals surface area contributed by atoms with Gasteiger partial charge in [0.15, 0.2) is 0 Å². The van der Waals surface area contributed by atoms with Gasteiger partial charge in [0.05, 0.1) is 12.3 Å². The highest BCUT2D eigenvalue weighted by Gasteiger charge is 2.11. The van der Waals surface area contributed by atoms with E-state index in [4.69, 9.17) is 4.42 Å². The minimum atomic E-state index is -0.0562. The monoisotopic (exact) mass is 359 g/mol. The van der Waals surface area contributed by atoms with E-state index >= 15 is 0 Å². The summed E-state index contributed by atoms with van der Waals surface area (Å²) < 4.78 is 5.63. The number of carbonyl (C=O) groups is 1. The molecule has 0 aliphatic heterocycles. The molecule has 24 heavy (non-hydrogen) atoms. The van der Waals surface area contributed by atoms with E-state index in [1.807, 2.05) is 42.6 Å². The van der Waals surface area contributed by atoms with Gasteiger partial charge in [-0.15, -0.1) is 21.5 Å². The second kappa shape index (κ2) is 7.63. The Morgan fingerprint density at radius 3 is 2.88 bits per heavy atom. The number of thioether (sulfide) groups is 1. The number of rotatable bonds is 6. The SMILES string of the molecule is Cc1ccc(-c2nnc(SCC(=O)NCc3cccs3)o2)cc1C. The summed E-state index contributed by atoms with van der Waals surface area (Å²) in [7, 11) is 0. The molecule has 0 aliphatic rings. The number of benzene rings is 1. The molecule has 2 heterocycles. The third-order valence-corrected chi connectivity index (χ3v) is 5.22. The van der Waals surface area contributed by atoms with E-state index in [1.54, 1.807) is 11.3 Å². The first kappa shape index (κ1) is 16.7. The Morgan fingerprint density at radius 2 is 2.12 bits per heavy atom. The Hall–Kier alpha value is -2.12. The predicted molar refractivity (Wildman–Crippen MR) is 96.1 cm³/mol. The highest BCUT2D eigenvalue weighted by atomic mass is 32.2. The second-order valence-electron chi connectivity index (χ2n) is 5.32. The summed E-state index contributed by atoms with van der Waals surface area (Å²) in [6.45, 7) is 4.65. The van der Waals surface area contributed by atoms with Crippen molar-refractivity contribution in [2.24, 2.45) is 0 Å². The molecule has 5 nitrogen and oxygen atoms in total. The Bertz CT molecular complexity index is 828. The maximum absolute atomic E-state index is 11.9. The molecule has 0 bridgehead atoms. The molecule has 0 radical (unpaired) electrons. The van der Waals surface area contributed by atoms with Crippen LogP contribution >= 0.6 is 23.1 Å². The number of nitrogens with one attached hydrogen (secondary N) is 1. The third kappa shape index (κ3) is 4.24. The van der Waals surface area contributed by atoms with Gasteiger partial charge in [0.1, 0.15) is 0 Å². The summed E-state index contributed by atoms with van der Waals surface area (Å²) in [5, 5.41) is 13.3. The fraction of sp³-hybridized carbons (Fsp3) is 0.235. The summed E-state index contributed by atoms with van der Waals surface area (Å²) in [6.07, 6.45) is 0. The van der Waals surface area contributed by atoms with Crippen LogP contribution in [0.3, 0.4) is 0 Å². The highest BCUT2D eigenvalue weighted by molar-refractivity contribution is 7.99. The molecule has 3 aromatic rings. The van der Waals surface area contributed by atoms with Gasteiger partial charge in [0, 0.05) is 10.4 Å². The van der Waals surface area contributed by atoms with Gasteiger partial charge in [-0.05, 0) is 48.6 Å². The van der Waals surface area contributed by atoms with E-state index < -0.39 is 0 Å². The number of aromatic nitrogens is 2. The summed E-state index contributed by atoms with van der Waals surface area (Å²) in [4.78, 5) is 13.0. The number of hydrogen-bond acceptors (Lipinski definition) is 6. The fourth-order valence-corrected chi connectivity index (χ4v) is 3.27. The molecule has 1 aromatic carbocycles. The van der Waals surface area contributed by atoms with Crippen LogP contribution in [0.2, 0.25) is 0 Å². The molecule has 1 amide bonds. The lowest BCUT2D eigenvalue weighted by molar-refractivity contribution is -0.118. The molecule has 0 fully saturated rings. The van der Waals surface area contributed by atoms with E-state index in [0.717, 1.165) is 10.4 Å². The Kier molecular flexibility index (Phi) is 5.32. The van der Waals surface area contributed by atoms with E-state index in [0.29, 0.717) is 17.7 Å². The van der Waals surface area contributed by atoms with Crippen molar-refractivity contribution in [1.29, 1.82) is 0 Å². The molecule has 1 N–H and O–H groups in total. The van der Waals surface area contributed by atoms with Crippen molar-refractivity contribution in [3.63, 3.8) is 0 Å². The number of hydrogen-bond donors (Lipinski definition) is 1. The van der Waals surface area contributed by atoms with Crippen LogP contribution in [-0.2, 0) is 11.3 Å². The van der Waals surface area contributed by atoms with Gasteiger partial charge >= 0.3 is 0 Å². The van der Waals surface area contributed by atoms with E-state index in [1.165, 1.54) is 22.9 Å². The van der Waals surface area contributed by atoms with Crippen molar-refractivity contribution in [3.05, 3.63) is 51.7 Å². The van der Waals surface area contributed by atoms with Gasteiger partial charge in [-0.3, -0.25) is 4.79 Å². The van der Waals surface area contributed by atoms with E-state index in [-0.39, 0.29) is 11.7 Å². The van der Waals surface area contributed by atoms with Gasteiger partial charge in [-0.25, -0.2) is 0 Å². The van der Waals surface area contributed by atoms with Crippen LogP contribution in [0.5, 0.6) is 0 Å². The molecule has 0 aliphatic carbocycles. The summed E-state index contributed by atoms with van der Waals surface area (Å²) >= 11 is 2.86. The minimum absolute atomic E-state index is 0.0562. The first-order chi connectivity index (χ1) is 11.6. The molecular formula is C17H17N3O2S2. The maximum atomic E-state index is 11.9. The molecule has 0 atom stereocenters. The quantitative estimate of drug-likeness (QED) is 0.678. The van der Waals surface area contributed by atoms with Crippen LogP contribution in [0.15, 0.2) is 45.4 Å². The predicted octanol–water partition coefficient (Wildman–Crippen LogP) is 3.82. The zero-order valence-electron chi connectivity index (χ0n) is 13.4. The van der Waals surface area contributed by atoms with Gasteiger partial charge < -0.3 is 9.73 Å². The van der Waals surface area contributed by atoms with Crippen molar-refractivity contribution in [2.45, 2.75) is 25.6 Å². The molecule has 0 unspecified atom stereocenters. The maximum Gasteiger partial charge on any atom is 0.277 e. The highest BCUT2D eigenvalue weighted by Crippen LogP contribution is 2.24. The first-order valence-electron chi connectivity index (χ1n) is 7.45. The third-order valence-electron chi connectivity index (χ3n) is 3.53. The van der Waals surface area contributed by atoms with Crippen LogP contribution in [-0.4, -0.2) is 21.9 Å². The summed E-state index contributed by atoms with van der Waals surface area (Å²) in [6, 6.07) is 9.96. The zero-order valence-corrected chi connectivity index (χ0v) is 15.0. The van der Waals surface area contributed by atoms with E-state index in [9.17, 15) is 4.79 Å². The van der Waals surface area contributed by atoms with Crippen molar-refractivity contribution in [2.75, 3.05) is 5.75 Å². The number of carbonyl (C=O) groups excluding carboxylic acids is 1. The van der Waals surface area contributed by atoms with Crippen molar-refractivity contribution in [3.8, 4) is 11.5 Å². The zero-order chi connectivity index (χ0) is 16.9. The molecule has 124 valence electrons. The molecular weight excluding hydrogens is 342 g/mol. The van der Waals surface area contributed by atoms with Crippen LogP contribution < -0.4 is 5.32 Å². The number of amides is 1. The van der Waals surface area contributed by atoms with Gasteiger partial charge in [0.2, 0.25) is 11.8 Å². The summed E-state index contributed by atoms with van der Waals surface area (Å²) in [5.41, 5.74) is 3.28. The Morgan fingerprint density at radius 1 is 1.25 bits per heavy atom. The topological polar surface area (TPSA) is 68.0 Å². The molecule has 0 spiro atoms.